The number of carboxylic acids is 1. The molecule has 0 aliphatic rings. The first-order valence-electron chi connectivity index (χ1n) is 5.18. The third-order valence-corrected chi connectivity index (χ3v) is 2.35. The van der Waals surface area contributed by atoms with Gasteiger partial charge in [-0.2, -0.15) is 22.0 Å². The molecule has 0 atom stereocenters. The number of alkyl halides is 5. The van der Waals surface area contributed by atoms with E-state index in [-0.39, 0.29) is 5.75 Å². The van der Waals surface area contributed by atoms with E-state index in [0.29, 0.717) is 0 Å². The lowest BCUT2D eigenvalue weighted by molar-refractivity contribution is -0.267. The standard InChI is InChI=1S/C11H8F5NO4/c1-21-5-2-3-7(6(4-5)8(18)19)17-9(20)10(12,13)11(14,15)16/h2-4H,1H3,(H,17,20)(H,18,19). The third kappa shape index (κ3) is 3.38. The second-order valence-electron chi connectivity index (χ2n) is 3.74. The number of hydrogen-bond donors (Lipinski definition) is 2. The zero-order valence-corrected chi connectivity index (χ0v) is 10.3. The van der Waals surface area contributed by atoms with Crippen molar-refractivity contribution in [2.24, 2.45) is 0 Å². The molecule has 1 rings (SSSR count). The Morgan fingerprint density at radius 1 is 1.19 bits per heavy atom. The molecule has 10 heteroatoms. The number of nitrogens with one attached hydrogen (secondary N) is 1. The Labute approximate surface area is 114 Å². The summed E-state index contributed by atoms with van der Waals surface area (Å²) in [6.07, 6.45) is -6.09. The Bertz CT molecular complexity index is 570. The number of ether oxygens (including phenoxy) is 1. The van der Waals surface area contributed by atoms with Crippen molar-refractivity contribution in [3.8, 4) is 5.75 Å². The van der Waals surface area contributed by atoms with Crippen LogP contribution in [0.1, 0.15) is 10.4 Å². The van der Waals surface area contributed by atoms with Crippen LogP contribution in [0.5, 0.6) is 5.75 Å². The predicted molar refractivity (Wildman–Crippen MR) is 59.6 cm³/mol. The van der Waals surface area contributed by atoms with Gasteiger partial charge < -0.3 is 15.2 Å². The van der Waals surface area contributed by atoms with E-state index < -0.39 is 35.2 Å². The Kier molecular flexibility index (Phi) is 4.40. The van der Waals surface area contributed by atoms with Crippen LogP contribution < -0.4 is 10.1 Å². The Morgan fingerprint density at radius 2 is 1.76 bits per heavy atom. The van der Waals surface area contributed by atoms with Crippen molar-refractivity contribution in [1.82, 2.24) is 0 Å². The van der Waals surface area contributed by atoms with Crippen LogP contribution in [0.3, 0.4) is 0 Å². The molecule has 0 aliphatic heterocycles. The van der Waals surface area contributed by atoms with Crippen LogP contribution >= 0.6 is 0 Å². The summed E-state index contributed by atoms with van der Waals surface area (Å²) in [6.45, 7) is 0. The maximum atomic E-state index is 12.8. The molecule has 0 heterocycles. The van der Waals surface area contributed by atoms with E-state index in [0.717, 1.165) is 18.2 Å². The lowest BCUT2D eigenvalue weighted by Crippen LogP contribution is -2.47. The summed E-state index contributed by atoms with van der Waals surface area (Å²) in [5, 5.41) is 10.1. The van der Waals surface area contributed by atoms with Gasteiger partial charge in [0, 0.05) is 0 Å². The summed E-state index contributed by atoms with van der Waals surface area (Å²) in [6, 6.07) is 2.80. The number of carbonyl (C=O) groups excluding carboxylic acids is 1. The molecule has 1 aromatic rings. The maximum Gasteiger partial charge on any atom is 0.463 e. The normalized spacial score (nSPS) is 11.9. The topological polar surface area (TPSA) is 75.6 Å². The molecule has 2 N–H and O–H groups in total. The second kappa shape index (κ2) is 5.54. The summed E-state index contributed by atoms with van der Waals surface area (Å²) in [7, 11) is 1.19. The van der Waals surface area contributed by atoms with Gasteiger partial charge in [-0.1, -0.05) is 0 Å². The molecule has 21 heavy (non-hydrogen) atoms. The van der Waals surface area contributed by atoms with Crippen LogP contribution in [0.2, 0.25) is 0 Å². The molecular formula is C11H8F5NO4. The third-order valence-electron chi connectivity index (χ3n) is 2.35. The number of anilines is 1. The number of methoxy groups -OCH3 is 1. The van der Waals surface area contributed by atoms with E-state index in [1.807, 2.05) is 0 Å². The van der Waals surface area contributed by atoms with Crippen LogP contribution in [0, 0.1) is 0 Å². The molecule has 0 radical (unpaired) electrons. The van der Waals surface area contributed by atoms with Gasteiger partial charge in [0.2, 0.25) is 0 Å². The van der Waals surface area contributed by atoms with Crippen molar-refractivity contribution in [2.45, 2.75) is 12.1 Å². The Morgan fingerprint density at radius 3 is 2.19 bits per heavy atom. The van der Waals surface area contributed by atoms with Gasteiger partial charge in [-0.3, -0.25) is 4.79 Å². The van der Waals surface area contributed by atoms with Gasteiger partial charge in [0.05, 0.1) is 18.4 Å². The molecule has 0 aliphatic carbocycles. The average molecular weight is 313 g/mol. The monoisotopic (exact) mass is 313 g/mol. The number of carboxylic acid groups (broad SMARTS) is 1. The number of benzene rings is 1. The number of amides is 1. The maximum absolute atomic E-state index is 12.8. The predicted octanol–water partition coefficient (Wildman–Crippen LogP) is 2.53. The number of carbonyl (C=O) groups is 2. The van der Waals surface area contributed by atoms with E-state index in [4.69, 9.17) is 5.11 Å². The Balaban J connectivity index is 3.14. The van der Waals surface area contributed by atoms with Crippen LogP contribution in [0.15, 0.2) is 18.2 Å². The highest BCUT2D eigenvalue weighted by atomic mass is 19.4. The van der Waals surface area contributed by atoms with Crippen molar-refractivity contribution in [3.05, 3.63) is 23.8 Å². The number of hydrogen-bond acceptors (Lipinski definition) is 3. The van der Waals surface area contributed by atoms with Gasteiger partial charge in [0.15, 0.2) is 0 Å². The lowest BCUT2D eigenvalue weighted by atomic mass is 10.1. The van der Waals surface area contributed by atoms with Crippen LogP contribution in [0.25, 0.3) is 0 Å². The summed E-state index contributed by atoms with van der Waals surface area (Å²) in [4.78, 5) is 21.9. The summed E-state index contributed by atoms with van der Waals surface area (Å²) in [5.74, 6) is -9.95. The van der Waals surface area contributed by atoms with Gasteiger partial charge in [0.1, 0.15) is 5.75 Å². The molecule has 0 bridgehead atoms. The minimum Gasteiger partial charge on any atom is -0.497 e. The lowest BCUT2D eigenvalue weighted by Gasteiger charge is -2.19. The molecule has 0 saturated carbocycles. The van der Waals surface area contributed by atoms with Crippen molar-refractivity contribution >= 4 is 17.6 Å². The van der Waals surface area contributed by atoms with Gasteiger partial charge in [-0.05, 0) is 18.2 Å². The molecule has 116 valence electrons. The average Bonchev–Trinajstić information content (AvgIpc) is 2.37. The Hall–Kier alpha value is -2.39. The molecule has 1 amide bonds. The molecule has 0 fully saturated rings. The summed E-state index contributed by atoms with van der Waals surface area (Å²) < 4.78 is 66.3. The summed E-state index contributed by atoms with van der Waals surface area (Å²) in [5.41, 5.74) is -1.40. The zero-order chi connectivity index (χ0) is 16.4. The fourth-order valence-corrected chi connectivity index (χ4v) is 1.27. The van der Waals surface area contributed by atoms with Crippen molar-refractivity contribution in [2.75, 3.05) is 12.4 Å². The highest BCUT2D eigenvalue weighted by Crippen LogP contribution is 2.36. The van der Waals surface area contributed by atoms with Crippen LogP contribution in [0.4, 0.5) is 27.6 Å². The van der Waals surface area contributed by atoms with E-state index in [1.54, 1.807) is 0 Å². The second-order valence-corrected chi connectivity index (χ2v) is 3.74. The number of halogens is 5. The highest BCUT2D eigenvalue weighted by molar-refractivity contribution is 6.03. The van der Waals surface area contributed by atoms with E-state index in [9.17, 15) is 31.5 Å². The van der Waals surface area contributed by atoms with Crippen molar-refractivity contribution < 1.29 is 41.4 Å². The molecule has 0 spiro atoms. The van der Waals surface area contributed by atoms with Gasteiger partial charge in [-0.25, -0.2) is 4.79 Å². The van der Waals surface area contributed by atoms with Crippen LogP contribution in [-0.4, -0.2) is 36.2 Å². The SMILES string of the molecule is COc1ccc(NC(=O)C(F)(F)C(F)(F)F)c(C(=O)O)c1. The summed E-state index contributed by atoms with van der Waals surface area (Å²) >= 11 is 0. The number of rotatable bonds is 4. The quantitative estimate of drug-likeness (QED) is 0.838. The van der Waals surface area contributed by atoms with E-state index in [2.05, 4.69) is 4.74 Å². The van der Waals surface area contributed by atoms with E-state index in [1.165, 1.54) is 12.4 Å². The van der Waals surface area contributed by atoms with Gasteiger partial charge in [-0.15, -0.1) is 0 Å². The molecule has 0 saturated heterocycles. The van der Waals surface area contributed by atoms with Crippen molar-refractivity contribution in [3.63, 3.8) is 0 Å². The van der Waals surface area contributed by atoms with Gasteiger partial charge in [0.25, 0.3) is 0 Å². The number of aromatic carboxylic acids is 1. The highest BCUT2D eigenvalue weighted by Gasteiger charge is 2.63. The zero-order valence-electron chi connectivity index (χ0n) is 10.3. The smallest absolute Gasteiger partial charge is 0.463 e. The first kappa shape index (κ1) is 16.7. The largest absolute Gasteiger partial charge is 0.497 e. The molecule has 0 unspecified atom stereocenters. The first-order chi connectivity index (χ1) is 9.50. The van der Waals surface area contributed by atoms with E-state index >= 15 is 0 Å². The fraction of sp³-hybridized carbons (Fsp3) is 0.273. The molecule has 5 nitrogen and oxygen atoms in total. The minimum atomic E-state index is -6.09. The van der Waals surface area contributed by atoms with Crippen LogP contribution in [-0.2, 0) is 4.79 Å². The van der Waals surface area contributed by atoms with Gasteiger partial charge >= 0.3 is 24.0 Å². The minimum absolute atomic E-state index is 0.0213. The molecule has 1 aromatic carbocycles. The first-order valence-corrected chi connectivity index (χ1v) is 5.18. The van der Waals surface area contributed by atoms with Crippen molar-refractivity contribution in [1.29, 1.82) is 0 Å². The molecule has 0 aromatic heterocycles. The fourth-order valence-electron chi connectivity index (χ4n) is 1.27. The molecular weight excluding hydrogens is 305 g/mol.